The molecule has 1 fully saturated rings. The maximum Gasteiger partial charge on any atom is 0.314 e. The topological polar surface area (TPSA) is 72.8 Å². The van der Waals surface area contributed by atoms with Gasteiger partial charge in [-0.1, -0.05) is 45.4 Å². The summed E-state index contributed by atoms with van der Waals surface area (Å²) in [7, 11) is 2.67. The fourth-order valence-electron chi connectivity index (χ4n) is 4.29. The average molecular weight is 342 g/mol. The van der Waals surface area contributed by atoms with E-state index in [1.807, 2.05) is 0 Å². The lowest BCUT2D eigenvalue weighted by Gasteiger charge is -2.37. The molecule has 1 saturated carbocycles. The first kappa shape index (κ1) is 20.9. The Kier molecular flexibility index (Phi) is 7.26. The van der Waals surface area contributed by atoms with E-state index >= 15 is 0 Å². The smallest absolute Gasteiger partial charge is 0.314 e. The molecule has 0 aromatic rings. The van der Waals surface area contributed by atoms with Crippen LogP contribution in [-0.2, 0) is 19.1 Å². The van der Waals surface area contributed by atoms with Crippen LogP contribution in [0.2, 0.25) is 0 Å². The summed E-state index contributed by atoms with van der Waals surface area (Å²) in [6.07, 6.45) is 7.58. The van der Waals surface area contributed by atoms with Gasteiger partial charge in [0.2, 0.25) is 0 Å². The predicted molar refractivity (Wildman–Crippen MR) is 92.4 cm³/mol. The van der Waals surface area contributed by atoms with Crippen LogP contribution < -0.4 is 0 Å². The molecule has 0 spiro atoms. The summed E-state index contributed by atoms with van der Waals surface area (Å²) < 4.78 is 9.85. The lowest BCUT2D eigenvalue weighted by atomic mass is 9.73. The molecule has 0 aromatic carbocycles. The molecule has 5 heteroatoms. The van der Waals surface area contributed by atoms with Gasteiger partial charge in [0.15, 0.2) is 0 Å². The van der Waals surface area contributed by atoms with Crippen molar-refractivity contribution in [3.05, 3.63) is 0 Å². The van der Waals surface area contributed by atoms with Crippen LogP contribution in [0, 0.1) is 10.8 Å². The molecule has 0 aliphatic heterocycles. The minimum Gasteiger partial charge on any atom is -0.469 e. The van der Waals surface area contributed by atoms with E-state index in [4.69, 9.17) is 9.47 Å². The summed E-state index contributed by atoms with van der Waals surface area (Å²) >= 11 is 0. The highest BCUT2D eigenvalue weighted by Crippen LogP contribution is 2.58. The quantitative estimate of drug-likeness (QED) is 0.512. The van der Waals surface area contributed by atoms with Crippen molar-refractivity contribution < 1.29 is 24.2 Å². The molecular weight excluding hydrogens is 308 g/mol. The normalized spacial score (nSPS) is 32.6. The number of ether oxygens (including phenoxy) is 2. The molecule has 0 amide bonds. The Hall–Kier alpha value is -1.10. The Morgan fingerprint density at radius 1 is 0.917 bits per heavy atom. The monoisotopic (exact) mass is 342 g/mol. The average Bonchev–Trinajstić information content (AvgIpc) is 2.77. The Bertz CT molecular complexity index is 449. The molecule has 0 aromatic heterocycles. The van der Waals surface area contributed by atoms with Gasteiger partial charge in [-0.2, -0.15) is 0 Å². The Balaban J connectivity index is 2.86. The Labute approximate surface area is 146 Å². The molecule has 24 heavy (non-hydrogen) atoms. The van der Waals surface area contributed by atoms with E-state index in [9.17, 15) is 14.7 Å². The zero-order valence-corrected chi connectivity index (χ0v) is 15.9. The van der Waals surface area contributed by atoms with Crippen molar-refractivity contribution in [2.24, 2.45) is 10.8 Å². The largest absolute Gasteiger partial charge is 0.469 e. The van der Waals surface area contributed by atoms with E-state index in [2.05, 4.69) is 6.92 Å². The van der Waals surface area contributed by atoms with Crippen LogP contribution in [0.15, 0.2) is 0 Å². The van der Waals surface area contributed by atoms with Crippen LogP contribution in [0.4, 0.5) is 0 Å². The molecule has 0 saturated heterocycles. The van der Waals surface area contributed by atoms with Gasteiger partial charge in [0.1, 0.15) is 0 Å². The molecule has 1 rings (SSSR count). The van der Waals surface area contributed by atoms with Gasteiger partial charge in [0, 0.05) is 0 Å². The van der Waals surface area contributed by atoms with Gasteiger partial charge in [0.05, 0.1) is 30.7 Å². The fraction of sp³-hybridized carbons (Fsp3) is 0.895. The van der Waals surface area contributed by atoms with Gasteiger partial charge < -0.3 is 14.6 Å². The fourth-order valence-corrected chi connectivity index (χ4v) is 4.29. The summed E-state index contributed by atoms with van der Waals surface area (Å²) in [4.78, 5) is 24.6. The molecule has 140 valence electrons. The molecule has 0 unspecified atom stereocenters. The van der Waals surface area contributed by atoms with E-state index in [0.717, 1.165) is 19.3 Å². The summed E-state index contributed by atoms with van der Waals surface area (Å²) in [6.45, 7) is 5.65. The Morgan fingerprint density at radius 3 is 2.00 bits per heavy atom. The lowest BCUT2D eigenvalue weighted by molar-refractivity contribution is -0.167. The third kappa shape index (κ3) is 4.11. The first-order chi connectivity index (χ1) is 11.2. The molecule has 5 nitrogen and oxygen atoms in total. The zero-order chi connectivity index (χ0) is 18.4. The second-order valence-corrected chi connectivity index (χ2v) is 7.78. The maximum atomic E-state index is 12.4. The number of unbranched alkanes of at least 4 members (excludes halogenated alkanes) is 5. The molecular formula is C19H34O5. The SMILES string of the molecule is CCCCCCCC[C@@]1(O)C[C@@](C)(C(=O)OC)C[C@]1(C)C(=O)OC. The van der Waals surface area contributed by atoms with Crippen LogP contribution in [0.3, 0.4) is 0 Å². The van der Waals surface area contributed by atoms with Crippen molar-refractivity contribution >= 4 is 11.9 Å². The Morgan fingerprint density at radius 2 is 1.46 bits per heavy atom. The molecule has 1 N–H and O–H groups in total. The second-order valence-electron chi connectivity index (χ2n) is 7.78. The number of hydrogen-bond acceptors (Lipinski definition) is 5. The van der Waals surface area contributed by atoms with Gasteiger partial charge in [-0.25, -0.2) is 0 Å². The number of carbonyl (C=O) groups excluding carboxylic acids is 2. The lowest BCUT2D eigenvalue weighted by Crippen LogP contribution is -2.47. The van der Waals surface area contributed by atoms with E-state index in [1.165, 1.54) is 33.5 Å². The van der Waals surface area contributed by atoms with Crippen molar-refractivity contribution in [2.45, 2.75) is 84.2 Å². The van der Waals surface area contributed by atoms with E-state index < -0.39 is 22.4 Å². The van der Waals surface area contributed by atoms with Crippen LogP contribution in [0.1, 0.15) is 78.6 Å². The first-order valence-corrected chi connectivity index (χ1v) is 9.08. The third-order valence-electron chi connectivity index (χ3n) is 5.71. The molecule has 0 bridgehead atoms. The van der Waals surface area contributed by atoms with Gasteiger partial charge in [-0.05, 0) is 33.1 Å². The predicted octanol–water partition coefficient (Wildman–Crippen LogP) is 3.62. The highest BCUT2D eigenvalue weighted by Gasteiger charge is 2.65. The maximum absolute atomic E-state index is 12.4. The molecule has 0 radical (unpaired) electrons. The van der Waals surface area contributed by atoms with Crippen molar-refractivity contribution in [2.75, 3.05) is 14.2 Å². The minimum atomic E-state index is -1.24. The van der Waals surface area contributed by atoms with E-state index in [-0.39, 0.29) is 18.8 Å². The summed E-state index contributed by atoms with van der Waals surface area (Å²) in [6, 6.07) is 0. The molecule has 1 aliphatic carbocycles. The van der Waals surface area contributed by atoms with Crippen LogP contribution in [-0.4, -0.2) is 36.9 Å². The molecule has 1 aliphatic rings. The number of methoxy groups -OCH3 is 2. The zero-order valence-electron chi connectivity index (χ0n) is 15.9. The third-order valence-corrected chi connectivity index (χ3v) is 5.71. The number of aliphatic hydroxyl groups is 1. The number of esters is 2. The summed E-state index contributed by atoms with van der Waals surface area (Å²) in [5.41, 5.74) is -3.20. The number of hydrogen-bond donors (Lipinski definition) is 1. The van der Waals surface area contributed by atoms with Gasteiger partial charge in [-0.3, -0.25) is 9.59 Å². The highest BCUT2D eigenvalue weighted by molar-refractivity contribution is 5.83. The summed E-state index contributed by atoms with van der Waals surface area (Å²) in [5.74, 6) is -0.833. The standard InChI is InChI=1S/C19H34O5/c1-6-7-8-9-10-11-12-19(22)14-17(2,15(20)23-4)13-18(19,3)16(21)24-5/h22H,6-14H2,1-5H3/t17-,18+,19+/m0/s1. The van der Waals surface area contributed by atoms with Crippen LogP contribution >= 0.6 is 0 Å². The van der Waals surface area contributed by atoms with Crippen LogP contribution in [0.25, 0.3) is 0 Å². The van der Waals surface area contributed by atoms with Crippen molar-refractivity contribution in [1.29, 1.82) is 0 Å². The van der Waals surface area contributed by atoms with E-state index in [0.29, 0.717) is 6.42 Å². The first-order valence-electron chi connectivity index (χ1n) is 9.08. The second kappa shape index (κ2) is 8.32. The van der Waals surface area contributed by atoms with E-state index in [1.54, 1.807) is 13.8 Å². The molecule has 0 heterocycles. The van der Waals surface area contributed by atoms with Gasteiger partial charge in [0.25, 0.3) is 0 Å². The van der Waals surface area contributed by atoms with Gasteiger partial charge in [-0.15, -0.1) is 0 Å². The summed E-state index contributed by atoms with van der Waals surface area (Å²) in [5, 5.41) is 11.3. The number of carbonyl (C=O) groups is 2. The van der Waals surface area contributed by atoms with Crippen molar-refractivity contribution in [3.63, 3.8) is 0 Å². The highest BCUT2D eigenvalue weighted by atomic mass is 16.5. The van der Waals surface area contributed by atoms with Crippen molar-refractivity contribution in [1.82, 2.24) is 0 Å². The van der Waals surface area contributed by atoms with Gasteiger partial charge >= 0.3 is 11.9 Å². The minimum absolute atomic E-state index is 0.229. The van der Waals surface area contributed by atoms with Crippen LogP contribution in [0.5, 0.6) is 0 Å². The van der Waals surface area contributed by atoms with Crippen molar-refractivity contribution in [3.8, 4) is 0 Å². The number of rotatable bonds is 9. The molecule has 3 atom stereocenters.